The van der Waals surface area contributed by atoms with Crippen LogP contribution in [0.3, 0.4) is 0 Å². The van der Waals surface area contributed by atoms with Gasteiger partial charge >= 0.3 is 5.97 Å². The van der Waals surface area contributed by atoms with E-state index in [1.165, 1.54) is 0 Å². The number of rotatable bonds is 5. The Morgan fingerprint density at radius 3 is 2.67 bits per heavy atom. The largest absolute Gasteiger partial charge is 0.480 e. The number of carboxylic acid groups (broad SMARTS) is 1. The summed E-state index contributed by atoms with van der Waals surface area (Å²) in [5.41, 5.74) is -0.900. The predicted octanol–water partition coefficient (Wildman–Crippen LogP) is -0.163. The average molecular weight is 217 g/mol. The molecule has 1 fully saturated rings. The minimum absolute atomic E-state index is 0.00609. The zero-order valence-corrected chi connectivity index (χ0v) is 9.19. The molecule has 0 aromatic rings. The van der Waals surface area contributed by atoms with Crippen LogP contribution in [0.1, 0.15) is 20.3 Å². The Balaban J connectivity index is 2.42. The maximum Gasteiger partial charge on any atom is 0.320 e. The smallest absolute Gasteiger partial charge is 0.320 e. The first kappa shape index (κ1) is 12.4. The van der Waals surface area contributed by atoms with Crippen LogP contribution in [0.4, 0.5) is 0 Å². The fraction of sp³-hybridized carbons (Fsp3) is 0.900. The van der Waals surface area contributed by atoms with E-state index in [1.807, 2.05) is 13.8 Å². The maximum absolute atomic E-state index is 10.9. The fourth-order valence-electron chi connectivity index (χ4n) is 1.64. The van der Waals surface area contributed by atoms with Crippen molar-refractivity contribution in [1.82, 2.24) is 5.32 Å². The summed E-state index contributed by atoms with van der Waals surface area (Å²) in [4.78, 5) is 10.9. The van der Waals surface area contributed by atoms with Crippen LogP contribution in [0.25, 0.3) is 0 Å². The number of ether oxygens (including phenoxy) is 1. The van der Waals surface area contributed by atoms with Crippen molar-refractivity contribution in [3.8, 4) is 0 Å². The molecule has 0 aromatic heterocycles. The number of hydrogen-bond acceptors (Lipinski definition) is 4. The van der Waals surface area contributed by atoms with Gasteiger partial charge in [0.05, 0.1) is 6.61 Å². The molecule has 5 nitrogen and oxygen atoms in total. The van der Waals surface area contributed by atoms with Crippen LogP contribution in [-0.4, -0.2) is 47.6 Å². The van der Waals surface area contributed by atoms with Gasteiger partial charge in [-0.15, -0.1) is 0 Å². The molecule has 0 radical (unpaired) electrons. The topological polar surface area (TPSA) is 78.8 Å². The van der Waals surface area contributed by atoms with E-state index >= 15 is 0 Å². The summed E-state index contributed by atoms with van der Waals surface area (Å²) in [5.74, 6) is -0.888. The molecule has 15 heavy (non-hydrogen) atoms. The molecule has 0 aliphatic carbocycles. The number of nitrogens with one attached hydrogen (secondary N) is 1. The summed E-state index contributed by atoms with van der Waals surface area (Å²) in [6, 6.07) is -0.616. The van der Waals surface area contributed by atoms with Gasteiger partial charge in [0, 0.05) is 19.6 Å². The normalized spacial score (nSPS) is 28.3. The third-order valence-corrected chi connectivity index (χ3v) is 2.67. The molecule has 88 valence electrons. The molecular weight excluding hydrogens is 198 g/mol. The number of carboxylic acids is 1. The lowest BCUT2D eigenvalue weighted by Crippen LogP contribution is -2.49. The second-order valence-electron chi connectivity index (χ2n) is 4.47. The van der Waals surface area contributed by atoms with Crippen molar-refractivity contribution in [2.24, 2.45) is 5.92 Å². The summed E-state index contributed by atoms with van der Waals surface area (Å²) in [6.45, 7) is 4.76. The van der Waals surface area contributed by atoms with Crippen molar-refractivity contribution in [3.63, 3.8) is 0 Å². The van der Waals surface area contributed by atoms with Crippen molar-refractivity contribution >= 4 is 5.97 Å². The van der Waals surface area contributed by atoms with Gasteiger partial charge in [-0.05, 0) is 5.92 Å². The predicted molar refractivity (Wildman–Crippen MR) is 54.7 cm³/mol. The third kappa shape index (κ3) is 3.44. The Morgan fingerprint density at radius 2 is 2.27 bits per heavy atom. The first-order chi connectivity index (χ1) is 6.94. The first-order valence-electron chi connectivity index (χ1n) is 5.21. The molecule has 1 rings (SSSR count). The highest BCUT2D eigenvalue weighted by molar-refractivity contribution is 5.73. The summed E-state index contributed by atoms with van der Waals surface area (Å²) < 4.78 is 5.08. The van der Waals surface area contributed by atoms with Crippen LogP contribution < -0.4 is 5.32 Å². The minimum Gasteiger partial charge on any atom is -0.480 e. The second kappa shape index (κ2) is 4.92. The zero-order chi connectivity index (χ0) is 11.5. The minimum atomic E-state index is -0.900. The highest BCUT2D eigenvalue weighted by Crippen LogP contribution is 2.17. The molecule has 0 aromatic carbocycles. The highest BCUT2D eigenvalue weighted by Gasteiger charge is 2.34. The molecule has 5 heteroatoms. The SMILES string of the molecule is CC(C)C(NCC1(O)CCOC1)C(=O)O. The third-order valence-electron chi connectivity index (χ3n) is 2.67. The van der Waals surface area contributed by atoms with E-state index in [4.69, 9.17) is 9.84 Å². The van der Waals surface area contributed by atoms with Crippen molar-refractivity contribution < 1.29 is 19.7 Å². The molecule has 1 aliphatic heterocycles. The van der Waals surface area contributed by atoms with Gasteiger partial charge in [0.2, 0.25) is 0 Å². The highest BCUT2D eigenvalue weighted by atomic mass is 16.5. The number of carbonyl (C=O) groups is 1. The lowest BCUT2D eigenvalue weighted by molar-refractivity contribution is -0.141. The molecule has 0 amide bonds. The van der Waals surface area contributed by atoms with Crippen LogP contribution in [-0.2, 0) is 9.53 Å². The van der Waals surface area contributed by atoms with E-state index in [9.17, 15) is 9.90 Å². The van der Waals surface area contributed by atoms with Crippen molar-refractivity contribution in [2.45, 2.75) is 31.9 Å². The van der Waals surface area contributed by atoms with E-state index in [0.717, 1.165) is 0 Å². The molecule has 0 bridgehead atoms. The summed E-state index contributed by atoms with van der Waals surface area (Å²) >= 11 is 0. The average Bonchev–Trinajstić information content (AvgIpc) is 2.51. The lowest BCUT2D eigenvalue weighted by atomic mass is 10.0. The zero-order valence-electron chi connectivity index (χ0n) is 9.19. The van der Waals surface area contributed by atoms with Crippen LogP contribution in [0, 0.1) is 5.92 Å². The van der Waals surface area contributed by atoms with E-state index < -0.39 is 17.6 Å². The molecule has 2 unspecified atom stereocenters. The van der Waals surface area contributed by atoms with Crippen molar-refractivity contribution in [1.29, 1.82) is 0 Å². The van der Waals surface area contributed by atoms with E-state index in [0.29, 0.717) is 13.0 Å². The molecule has 1 saturated heterocycles. The molecule has 1 heterocycles. The van der Waals surface area contributed by atoms with Gasteiger partial charge in [0.25, 0.3) is 0 Å². The fourth-order valence-corrected chi connectivity index (χ4v) is 1.64. The summed E-state index contributed by atoms with van der Waals surface area (Å²) in [6.07, 6.45) is 0.560. The molecule has 0 spiro atoms. The van der Waals surface area contributed by atoms with Crippen molar-refractivity contribution in [3.05, 3.63) is 0 Å². The molecule has 3 N–H and O–H groups in total. The van der Waals surface area contributed by atoms with Crippen LogP contribution in [0.15, 0.2) is 0 Å². The van der Waals surface area contributed by atoms with Gasteiger partial charge in [-0.2, -0.15) is 0 Å². The van der Waals surface area contributed by atoms with Gasteiger partial charge in [-0.3, -0.25) is 4.79 Å². The lowest BCUT2D eigenvalue weighted by Gasteiger charge is -2.25. The second-order valence-corrected chi connectivity index (χ2v) is 4.47. The number of aliphatic carboxylic acids is 1. The Hall–Kier alpha value is -0.650. The monoisotopic (exact) mass is 217 g/mol. The number of aliphatic hydroxyl groups is 1. The Morgan fingerprint density at radius 1 is 1.60 bits per heavy atom. The number of hydrogen-bond donors (Lipinski definition) is 3. The van der Waals surface area contributed by atoms with Crippen LogP contribution >= 0.6 is 0 Å². The Labute approximate surface area is 89.4 Å². The van der Waals surface area contributed by atoms with E-state index in [1.54, 1.807) is 0 Å². The van der Waals surface area contributed by atoms with E-state index in [-0.39, 0.29) is 19.1 Å². The standard InChI is InChI=1S/C10H19NO4/c1-7(2)8(9(12)13)11-5-10(14)3-4-15-6-10/h7-8,11,14H,3-6H2,1-2H3,(H,12,13). The molecule has 2 atom stereocenters. The van der Waals surface area contributed by atoms with Gasteiger partial charge in [0.15, 0.2) is 0 Å². The first-order valence-corrected chi connectivity index (χ1v) is 5.21. The van der Waals surface area contributed by atoms with Gasteiger partial charge in [-0.1, -0.05) is 13.8 Å². The molecule has 0 saturated carbocycles. The van der Waals surface area contributed by atoms with Crippen LogP contribution in [0.5, 0.6) is 0 Å². The Kier molecular flexibility index (Phi) is 4.07. The Bertz CT molecular complexity index is 223. The summed E-state index contributed by atoms with van der Waals surface area (Å²) in [7, 11) is 0. The van der Waals surface area contributed by atoms with Crippen molar-refractivity contribution in [2.75, 3.05) is 19.8 Å². The van der Waals surface area contributed by atoms with Gasteiger partial charge in [-0.25, -0.2) is 0 Å². The van der Waals surface area contributed by atoms with Gasteiger partial charge in [0.1, 0.15) is 11.6 Å². The van der Waals surface area contributed by atoms with Gasteiger partial charge < -0.3 is 20.3 Å². The molecular formula is C10H19NO4. The quantitative estimate of drug-likeness (QED) is 0.596. The molecule has 1 aliphatic rings. The summed E-state index contributed by atoms with van der Waals surface area (Å²) in [5, 5.41) is 21.7. The maximum atomic E-state index is 10.9. The van der Waals surface area contributed by atoms with Crippen LogP contribution in [0.2, 0.25) is 0 Å². The van der Waals surface area contributed by atoms with E-state index in [2.05, 4.69) is 5.32 Å².